The number of aromatic nitrogens is 2. The van der Waals surface area contributed by atoms with Gasteiger partial charge in [-0.15, -0.1) is 0 Å². The second-order valence-electron chi connectivity index (χ2n) is 6.33. The van der Waals surface area contributed by atoms with Crippen molar-refractivity contribution in [1.29, 1.82) is 0 Å². The van der Waals surface area contributed by atoms with Gasteiger partial charge in [0.25, 0.3) is 5.91 Å². The van der Waals surface area contributed by atoms with Crippen LogP contribution in [0.2, 0.25) is 0 Å². The molecule has 0 radical (unpaired) electrons. The first-order valence-electron chi connectivity index (χ1n) is 8.87. The van der Waals surface area contributed by atoms with Crippen molar-refractivity contribution in [1.82, 2.24) is 14.9 Å². The molecule has 0 bridgehead atoms. The molecule has 2 heterocycles. The van der Waals surface area contributed by atoms with Crippen LogP contribution in [-0.4, -0.2) is 57.7 Å². The normalized spacial score (nSPS) is 16.1. The Morgan fingerprint density at radius 1 is 1.33 bits per heavy atom. The van der Waals surface area contributed by atoms with E-state index in [1.54, 1.807) is 41.7 Å². The number of benzene rings is 1. The van der Waals surface area contributed by atoms with Crippen LogP contribution in [0, 0.1) is 0 Å². The summed E-state index contributed by atoms with van der Waals surface area (Å²) in [4.78, 5) is 33.6. The molecule has 3 rings (SSSR count). The fourth-order valence-electron chi connectivity index (χ4n) is 2.96. The molecule has 1 aromatic carbocycles. The zero-order valence-corrected chi connectivity index (χ0v) is 14.9. The fraction of sp³-hybridized carbons (Fsp3) is 0.368. The van der Waals surface area contributed by atoms with Gasteiger partial charge in [0.05, 0.1) is 18.7 Å². The number of nitrogens with zero attached hydrogens (tertiary/aromatic N) is 3. The quantitative estimate of drug-likeness (QED) is 0.735. The van der Waals surface area contributed by atoms with Gasteiger partial charge in [0.2, 0.25) is 0 Å². The van der Waals surface area contributed by atoms with E-state index >= 15 is 0 Å². The summed E-state index contributed by atoms with van der Waals surface area (Å²) in [7, 11) is 0. The molecule has 27 heavy (non-hydrogen) atoms. The number of carbonyl (C=O) groups excluding carboxylic acids is 1. The zero-order chi connectivity index (χ0) is 19.1. The number of amides is 1. The third-order valence-corrected chi connectivity index (χ3v) is 4.28. The van der Waals surface area contributed by atoms with Gasteiger partial charge in [-0.25, -0.2) is 4.98 Å². The Labute approximate surface area is 157 Å². The summed E-state index contributed by atoms with van der Waals surface area (Å²) in [6.45, 7) is 1.23. The van der Waals surface area contributed by atoms with E-state index in [1.165, 1.54) is 0 Å². The smallest absolute Gasteiger partial charge is 0.305 e. The lowest BCUT2D eigenvalue weighted by atomic mass is 10.1. The van der Waals surface area contributed by atoms with Gasteiger partial charge >= 0.3 is 5.97 Å². The highest BCUT2D eigenvalue weighted by Gasteiger charge is 2.24. The number of hydrogen-bond donors (Lipinski definition) is 2. The molecular weight excluding hydrogens is 348 g/mol. The number of ether oxygens (including phenoxy) is 1. The molecule has 142 valence electrons. The van der Waals surface area contributed by atoms with Crippen LogP contribution < -0.4 is 5.32 Å². The van der Waals surface area contributed by atoms with E-state index in [-0.39, 0.29) is 25.0 Å². The Morgan fingerprint density at radius 2 is 2.22 bits per heavy atom. The Balaban J connectivity index is 1.73. The van der Waals surface area contributed by atoms with Gasteiger partial charge in [-0.05, 0) is 31.0 Å². The molecule has 2 N–H and O–H groups in total. The summed E-state index contributed by atoms with van der Waals surface area (Å²) < 4.78 is 5.61. The molecule has 8 heteroatoms. The Bertz CT molecular complexity index is 778. The van der Waals surface area contributed by atoms with E-state index in [0.717, 1.165) is 12.8 Å². The van der Waals surface area contributed by atoms with E-state index in [4.69, 9.17) is 9.84 Å². The minimum atomic E-state index is -0.932. The van der Waals surface area contributed by atoms with E-state index in [2.05, 4.69) is 15.3 Å². The van der Waals surface area contributed by atoms with Crippen molar-refractivity contribution in [2.45, 2.75) is 25.4 Å². The predicted octanol–water partition coefficient (Wildman–Crippen LogP) is 2.32. The van der Waals surface area contributed by atoms with Crippen LogP contribution in [0.3, 0.4) is 0 Å². The zero-order valence-electron chi connectivity index (χ0n) is 14.9. The van der Waals surface area contributed by atoms with Crippen molar-refractivity contribution in [2.75, 3.05) is 25.0 Å². The molecule has 1 aliphatic rings. The molecule has 1 saturated heterocycles. The summed E-state index contributed by atoms with van der Waals surface area (Å²) >= 11 is 0. The maximum absolute atomic E-state index is 13.0. The first-order valence-corrected chi connectivity index (χ1v) is 8.87. The summed E-state index contributed by atoms with van der Waals surface area (Å²) in [5.74, 6) is -0.572. The number of anilines is 2. The molecule has 8 nitrogen and oxygen atoms in total. The van der Waals surface area contributed by atoms with Crippen LogP contribution in [0.5, 0.6) is 0 Å². The Kier molecular flexibility index (Phi) is 6.32. The van der Waals surface area contributed by atoms with Crippen LogP contribution in [-0.2, 0) is 9.53 Å². The van der Waals surface area contributed by atoms with Crippen molar-refractivity contribution >= 4 is 23.4 Å². The third-order valence-electron chi connectivity index (χ3n) is 4.28. The number of carboxylic acid groups (broad SMARTS) is 1. The van der Waals surface area contributed by atoms with Crippen LogP contribution in [0.25, 0.3) is 0 Å². The molecule has 0 saturated carbocycles. The van der Waals surface area contributed by atoms with Crippen LogP contribution in [0.15, 0.2) is 42.9 Å². The van der Waals surface area contributed by atoms with Gasteiger partial charge in [-0.2, -0.15) is 0 Å². The molecule has 1 atom stereocenters. The lowest BCUT2D eigenvalue weighted by Crippen LogP contribution is -2.38. The highest BCUT2D eigenvalue weighted by Crippen LogP contribution is 2.19. The van der Waals surface area contributed by atoms with Crippen LogP contribution in [0.4, 0.5) is 11.5 Å². The Morgan fingerprint density at radius 3 is 2.93 bits per heavy atom. The average molecular weight is 370 g/mol. The van der Waals surface area contributed by atoms with E-state index < -0.39 is 5.97 Å². The number of aliphatic carboxylic acids is 1. The summed E-state index contributed by atoms with van der Waals surface area (Å²) in [5.41, 5.74) is 1.18. The number of carbonyl (C=O) groups is 2. The van der Waals surface area contributed by atoms with Gasteiger partial charge in [0.1, 0.15) is 5.82 Å². The van der Waals surface area contributed by atoms with Gasteiger partial charge in [-0.3, -0.25) is 14.6 Å². The van der Waals surface area contributed by atoms with Crippen LogP contribution >= 0.6 is 0 Å². The number of nitrogens with one attached hydrogen (secondary N) is 1. The highest BCUT2D eigenvalue weighted by atomic mass is 16.5. The molecule has 1 aliphatic heterocycles. The van der Waals surface area contributed by atoms with Gasteiger partial charge < -0.3 is 20.1 Å². The molecule has 0 spiro atoms. The lowest BCUT2D eigenvalue weighted by Gasteiger charge is -2.25. The predicted molar refractivity (Wildman–Crippen MR) is 98.9 cm³/mol. The number of rotatable bonds is 8. The topological polar surface area (TPSA) is 105 Å². The van der Waals surface area contributed by atoms with Crippen molar-refractivity contribution in [3.63, 3.8) is 0 Å². The first-order chi connectivity index (χ1) is 13.1. The summed E-state index contributed by atoms with van der Waals surface area (Å²) in [6, 6.07) is 7.04. The molecule has 2 aromatic rings. The van der Waals surface area contributed by atoms with E-state index in [1.807, 2.05) is 6.07 Å². The SMILES string of the molecule is O=C(O)CCN(CC1CCCO1)C(=O)c1cccc(Nc2cnccn2)c1. The molecule has 1 unspecified atom stereocenters. The van der Waals surface area contributed by atoms with Crippen LogP contribution in [0.1, 0.15) is 29.6 Å². The monoisotopic (exact) mass is 370 g/mol. The molecule has 0 aliphatic carbocycles. The number of hydrogen-bond acceptors (Lipinski definition) is 6. The van der Waals surface area contributed by atoms with E-state index in [9.17, 15) is 9.59 Å². The summed E-state index contributed by atoms with van der Waals surface area (Å²) in [6.07, 6.45) is 6.45. The lowest BCUT2D eigenvalue weighted by molar-refractivity contribution is -0.137. The maximum atomic E-state index is 13.0. The van der Waals surface area contributed by atoms with Gasteiger partial charge in [0, 0.05) is 43.3 Å². The van der Waals surface area contributed by atoms with Crippen molar-refractivity contribution in [3.8, 4) is 0 Å². The van der Waals surface area contributed by atoms with Gasteiger partial charge in [0.15, 0.2) is 0 Å². The average Bonchev–Trinajstić information content (AvgIpc) is 3.18. The number of carboxylic acids is 1. The van der Waals surface area contributed by atoms with Crippen molar-refractivity contribution in [2.24, 2.45) is 0 Å². The molecule has 1 fully saturated rings. The van der Waals surface area contributed by atoms with Crippen molar-refractivity contribution in [3.05, 3.63) is 48.4 Å². The van der Waals surface area contributed by atoms with E-state index in [0.29, 0.717) is 30.2 Å². The fourth-order valence-corrected chi connectivity index (χ4v) is 2.96. The van der Waals surface area contributed by atoms with Gasteiger partial charge in [-0.1, -0.05) is 6.07 Å². The first kappa shape index (κ1) is 18.8. The highest BCUT2D eigenvalue weighted by molar-refractivity contribution is 5.95. The minimum Gasteiger partial charge on any atom is -0.481 e. The molecule has 1 aromatic heterocycles. The standard InChI is InChI=1S/C19H22N4O4/c24-18(25)6-9-23(13-16-5-2-10-27-16)19(26)14-3-1-4-15(11-14)22-17-12-20-7-8-21-17/h1,3-4,7-8,11-12,16H,2,5-6,9-10,13H2,(H,21,22)(H,24,25). The Hall–Kier alpha value is -3.00. The third kappa shape index (κ3) is 5.49. The second kappa shape index (κ2) is 9.09. The van der Waals surface area contributed by atoms with Crippen molar-refractivity contribution < 1.29 is 19.4 Å². The molecular formula is C19H22N4O4. The largest absolute Gasteiger partial charge is 0.481 e. The molecule has 1 amide bonds. The minimum absolute atomic E-state index is 0.0383. The maximum Gasteiger partial charge on any atom is 0.305 e. The summed E-state index contributed by atoms with van der Waals surface area (Å²) in [5, 5.41) is 12.1. The second-order valence-corrected chi connectivity index (χ2v) is 6.33.